The van der Waals surface area contributed by atoms with Crippen LogP contribution in [0.4, 0.5) is 5.82 Å². The maximum atomic E-state index is 4.60. The van der Waals surface area contributed by atoms with Crippen molar-refractivity contribution < 1.29 is 0 Å². The van der Waals surface area contributed by atoms with Gasteiger partial charge in [0.15, 0.2) is 0 Å². The van der Waals surface area contributed by atoms with E-state index >= 15 is 0 Å². The summed E-state index contributed by atoms with van der Waals surface area (Å²) < 4.78 is 0. The minimum absolute atomic E-state index is 0.912. The third kappa shape index (κ3) is 4.54. The fraction of sp³-hybridized carbons (Fsp3) is 0.692. The Balaban J connectivity index is 2.74. The molecule has 0 amide bonds. The van der Waals surface area contributed by atoms with Gasteiger partial charge < -0.3 is 5.32 Å². The van der Waals surface area contributed by atoms with Crippen LogP contribution in [0.1, 0.15) is 43.8 Å². The molecule has 4 heteroatoms. The molecule has 0 radical (unpaired) electrons. The Labute approximate surface area is 109 Å². The first-order valence-electron chi connectivity index (χ1n) is 6.34. The fourth-order valence-corrected chi connectivity index (χ4v) is 2.22. The number of anilines is 1. The quantitative estimate of drug-likeness (QED) is 0.754. The van der Waals surface area contributed by atoms with Crippen LogP contribution in [0, 0.1) is 13.8 Å². The zero-order valence-corrected chi connectivity index (χ0v) is 12.2. The van der Waals surface area contributed by atoms with Crippen LogP contribution in [0.2, 0.25) is 0 Å². The number of nitrogens with one attached hydrogen (secondary N) is 1. The van der Waals surface area contributed by atoms with Gasteiger partial charge in [-0.25, -0.2) is 9.97 Å². The van der Waals surface area contributed by atoms with Gasteiger partial charge in [-0.1, -0.05) is 13.8 Å². The number of hydrogen-bond donors (Lipinski definition) is 1. The van der Waals surface area contributed by atoms with Crippen LogP contribution in [0.15, 0.2) is 0 Å². The molecular weight excluding hydrogens is 230 g/mol. The lowest BCUT2D eigenvalue weighted by Gasteiger charge is -2.11. The standard InChI is InChI=1S/C13H23N3S/c1-5-7-14-13-10(3)11(4)15-12(16-13)9-17-8-6-2/h5-9H2,1-4H3,(H,14,15,16). The van der Waals surface area contributed by atoms with E-state index in [1.807, 2.05) is 11.8 Å². The second kappa shape index (κ2) is 7.54. The Morgan fingerprint density at radius 3 is 2.53 bits per heavy atom. The summed E-state index contributed by atoms with van der Waals surface area (Å²) in [5.74, 6) is 4.04. The molecule has 0 aliphatic rings. The number of aryl methyl sites for hydroxylation is 1. The molecule has 3 nitrogen and oxygen atoms in total. The zero-order chi connectivity index (χ0) is 12.7. The third-order valence-electron chi connectivity index (χ3n) is 2.56. The van der Waals surface area contributed by atoms with Gasteiger partial charge in [0.05, 0.1) is 5.75 Å². The van der Waals surface area contributed by atoms with E-state index in [4.69, 9.17) is 0 Å². The molecule has 0 aliphatic carbocycles. The number of hydrogen-bond acceptors (Lipinski definition) is 4. The highest BCUT2D eigenvalue weighted by atomic mass is 32.2. The molecule has 1 rings (SSSR count). The van der Waals surface area contributed by atoms with Crippen molar-refractivity contribution >= 4 is 17.6 Å². The molecule has 1 heterocycles. The van der Waals surface area contributed by atoms with Gasteiger partial charge in [-0.2, -0.15) is 11.8 Å². The van der Waals surface area contributed by atoms with E-state index in [1.165, 1.54) is 17.7 Å². The minimum atomic E-state index is 0.912. The SMILES string of the molecule is CCCNc1nc(CSCCC)nc(C)c1C. The summed E-state index contributed by atoms with van der Waals surface area (Å²) in [5, 5.41) is 3.37. The lowest BCUT2D eigenvalue weighted by molar-refractivity contribution is 0.927. The lowest BCUT2D eigenvalue weighted by Crippen LogP contribution is -2.08. The maximum absolute atomic E-state index is 4.60. The first-order valence-corrected chi connectivity index (χ1v) is 7.50. The Hall–Kier alpha value is -0.770. The molecule has 0 bridgehead atoms. The summed E-state index contributed by atoms with van der Waals surface area (Å²) in [6, 6.07) is 0. The average molecular weight is 253 g/mol. The van der Waals surface area contributed by atoms with Crippen LogP contribution in [-0.2, 0) is 5.75 Å². The van der Waals surface area contributed by atoms with E-state index in [0.29, 0.717) is 0 Å². The van der Waals surface area contributed by atoms with Gasteiger partial charge in [-0.05, 0) is 32.4 Å². The monoisotopic (exact) mass is 253 g/mol. The Morgan fingerprint density at radius 2 is 1.88 bits per heavy atom. The van der Waals surface area contributed by atoms with Gasteiger partial charge in [-0.15, -0.1) is 0 Å². The predicted octanol–water partition coefficient (Wildman–Crippen LogP) is 3.56. The number of rotatable bonds is 7. The highest BCUT2D eigenvalue weighted by Crippen LogP contribution is 2.17. The van der Waals surface area contributed by atoms with Crippen LogP contribution in [0.5, 0.6) is 0 Å². The number of nitrogens with zero attached hydrogens (tertiary/aromatic N) is 2. The Kier molecular flexibility index (Phi) is 6.34. The highest BCUT2D eigenvalue weighted by Gasteiger charge is 2.07. The van der Waals surface area contributed by atoms with Crippen LogP contribution in [0.3, 0.4) is 0 Å². The number of thioether (sulfide) groups is 1. The van der Waals surface area contributed by atoms with Crippen molar-refractivity contribution in [3.05, 3.63) is 17.1 Å². The molecule has 0 spiro atoms. The highest BCUT2D eigenvalue weighted by molar-refractivity contribution is 7.98. The summed E-state index contributed by atoms with van der Waals surface area (Å²) in [6.45, 7) is 9.47. The molecule has 1 aromatic rings. The van der Waals surface area contributed by atoms with Crippen molar-refractivity contribution in [1.29, 1.82) is 0 Å². The molecule has 0 aliphatic heterocycles. The zero-order valence-electron chi connectivity index (χ0n) is 11.3. The summed E-state index contributed by atoms with van der Waals surface area (Å²) in [6.07, 6.45) is 2.32. The third-order valence-corrected chi connectivity index (χ3v) is 3.72. The summed E-state index contributed by atoms with van der Waals surface area (Å²) >= 11 is 1.90. The van der Waals surface area contributed by atoms with Gasteiger partial charge in [0, 0.05) is 17.8 Å². The van der Waals surface area contributed by atoms with Crippen LogP contribution < -0.4 is 5.32 Å². The largest absolute Gasteiger partial charge is 0.370 e. The van der Waals surface area contributed by atoms with E-state index in [-0.39, 0.29) is 0 Å². The van der Waals surface area contributed by atoms with Crippen molar-refractivity contribution in [3.8, 4) is 0 Å². The van der Waals surface area contributed by atoms with E-state index in [1.54, 1.807) is 0 Å². The van der Waals surface area contributed by atoms with Crippen LogP contribution in [0.25, 0.3) is 0 Å². The molecule has 0 fully saturated rings. The minimum Gasteiger partial charge on any atom is -0.370 e. The molecule has 1 aromatic heterocycles. The fourth-order valence-electron chi connectivity index (χ4n) is 1.47. The van der Waals surface area contributed by atoms with E-state index in [0.717, 1.165) is 36.1 Å². The molecule has 17 heavy (non-hydrogen) atoms. The van der Waals surface area contributed by atoms with Gasteiger partial charge >= 0.3 is 0 Å². The van der Waals surface area contributed by atoms with Crippen LogP contribution >= 0.6 is 11.8 Å². The smallest absolute Gasteiger partial charge is 0.140 e. The van der Waals surface area contributed by atoms with Gasteiger partial charge in [-0.3, -0.25) is 0 Å². The first kappa shape index (κ1) is 14.3. The van der Waals surface area contributed by atoms with Gasteiger partial charge in [0.2, 0.25) is 0 Å². The van der Waals surface area contributed by atoms with Crippen molar-refractivity contribution in [2.45, 2.75) is 46.3 Å². The summed E-state index contributed by atoms with van der Waals surface area (Å²) in [7, 11) is 0. The summed E-state index contributed by atoms with van der Waals surface area (Å²) in [4.78, 5) is 9.14. The second-order valence-corrected chi connectivity index (χ2v) is 5.28. The first-order chi connectivity index (χ1) is 8.19. The lowest BCUT2D eigenvalue weighted by atomic mass is 10.2. The van der Waals surface area contributed by atoms with Crippen LogP contribution in [-0.4, -0.2) is 22.3 Å². The predicted molar refractivity (Wildman–Crippen MR) is 76.7 cm³/mol. The van der Waals surface area contributed by atoms with E-state index < -0.39 is 0 Å². The van der Waals surface area contributed by atoms with Crippen molar-refractivity contribution in [2.75, 3.05) is 17.6 Å². The molecule has 0 saturated heterocycles. The molecule has 0 unspecified atom stereocenters. The van der Waals surface area contributed by atoms with Crippen molar-refractivity contribution in [2.24, 2.45) is 0 Å². The topological polar surface area (TPSA) is 37.8 Å². The molecule has 0 atom stereocenters. The van der Waals surface area contributed by atoms with Crippen molar-refractivity contribution in [3.63, 3.8) is 0 Å². The molecule has 0 saturated carbocycles. The molecule has 1 N–H and O–H groups in total. The average Bonchev–Trinajstić information content (AvgIpc) is 2.32. The van der Waals surface area contributed by atoms with E-state index in [2.05, 4.69) is 43.0 Å². The summed E-state index contributed by atoms with van der Waals surface area (Å²) in [5.41, 5.74) is 2.26. The normalized spacial score (nSPS) is 10.6. The van der Waals surface area contributed by atoms with Gasteiger partial charge in [0.25, 0.3) is 0 Å². The molecular formula is C13H23N3S. The molecule has 96 valence electrons. The Morgan fingerprint density at radius 1 is 1.12 bits per heavy atom. The van der Waals surface area contributed by atoms with Gasteiger partial charge in [0.1, 0.15) is 11.6 Å². The Bertz CT molecular complexity index is 353. The van der Waals surface area contributed by atoms with Crippen molar-refractivity contribution in [1.82, 2.24) is 9.97 Å². The molecule has 0 aromatic carbocycles. The second-order valence-electron chi connectivity index (χ2n) is 4.18. The van der Waals surface area contributed by atoms with E-state index in [9.17, 15) is 0 Å². The number of aromatic nitrogens is 2. The maximum Gasteiger partial charge on any atom is 0.140 e.